The summed E-state index contributed by atoms with van der Waals surface area (Å²) in [7, 11) is 0. The molecular formula is C16H14ClN5O3. The number of ether oxygens (including phenoxy) is 1. The van der Waals surface area contributed by atoms with Crippen molar-refractivity contribution in [2.75, 3.05) is 0 Å². The number of halogens is 1. The Bertz CT molecular complexity index is 928. The number of aromatic amines is 1. The molecule has 0 radical (unpaired) electrons. The summed E-state index contributed by atoms with van der Waals surface area (Å²) < 4.78 is 5.45. The second-order valence-electron chi connectivity index (χ2n) is 5.56. The molecule has 0 amide bonds. The minimum Gasteiger partial charge on any atom is -0.420 e. The molecule has 0 saturated carbocycles. The Labute approximate surface area is 148 Å². The van der Waals surface area contributed by atoms with Gasteiger partial charge in [0.05, 0.1) is 10.8 Å². The molecule has 2 aromatic rings. The standard InChI is InChI=1S/C16H14ClN5O3/c1-2-3-11-14-13(8-4-5-10(17)12(6-8)22(23)24)9(7-18)15(19)25-16(14)21-20-11/h4-6,13H,2-3,19H2,1H3,(H,20,21). The van der Waals surface area contributed by atoms with Crippen LogP contribution >= 0.6 is 11.6 Å². The van der Waals surface area contributed by atoms with E-state index in [-0.39, 0.29) is 28.0 Å². The molecule has 25 heavy (non-hydrogen) atoms. The summed E-state index contributed by atoms with van der Waals surface area (Å²) in [4.78, 5) is 10.7. The van der Waals surface area contributed by atoms with E-state index < -0.39 is 10.8 Å². The minimum atomic E-state index is -0.606. The first-order valence-corrected chi connectivity index (χ1v) is 7.94. The maximum absolute atomic E-state index is 11.2. The fraction of sp³-hybridized carbons (Fsp3) is 0.250. The maximum Gasteiger partial charge on any atom is 0.288 e. The zero-order chi connectivity index (χ0) is 18.1. The lowest BCUT2D eigenvalue weighted by Crippen LogP contribution is -2.21. The third kappa shape index (κ3) is 2.79. The molecule has 3 N–H and O–H groups in total. The van der Waals surface area contributed by atoms with Gasteiger partial charge in [-0.3, -0.25) is 15.2 Å². The van der Waals surface area contributed by atoms with Crippen molar-refractivity contribution in [2.45, 2.75) is 25.7 Å². The third-order valence-electron chi connectivity index (χ3n) is 4.02. The number of nitrogens with two attached hydrogens (primary N) is 1. The highest BCUT2D eigenvalue weighted by Gasteiger charge is 2.35. The lowest BCUT2D eigenvalue weighted by atomic mass is 9.83. The third-order valence-corrected chi connectivity index (χ3v) is 4.34. The summed E-state index contributed by atoms with van der Waals surface area (Å²) in [5, 5.41) is 27.8. The molecule has 1 aromatic heterocycles. The number of hydrogen-bond acceptors (Lipinski definition) is 6. The molecule has 128 valence electrons. The molecule has 9 heteroatoms. The van der Waals surface area contributed by atoms with Crippen LogP contribution in [-0.4, -0.2) is 15.1 Å². The normalized spacial score (nSPS) is 16.1. The van der Waals surface area contributed by atoms with Crippen molar-refractivity contribution < 1.29 is 9.66 Å². The molecule has 0 bridgehead atoms. The number of nitro groups is 1. The van der Waals surface area contributed by atoms with Gasteiger partial charge in [-0.15, -0.1) is 5.10 Å². The molecule has 0 fully saturated rings. The zero-order valence-corrected chi connectivity index (χ0v) is 14.0. The van der Waals surface area contributed by atoms with Crippen molar-refractivity contribution in [1.29, 1.82) is 5.26 Å². The molecule has 1 aliphatic rings. The first-order valence-electron chi connectivity index (χ1n) is 7.56. The predicted molar refractivity (Wildman–Crippen MR) is 90.0 cm³/mol. The SMILES string of the molecule is CCCc1[nH]nc2c1C(c1ccc(Cl)c([N+](=O)[O-])c1)C(C#N)=C(N)O2. The quantitative estimate of drug-likeness (QED) is 0.636. The van der Waals surface area contributed by atoms with Crippen molar-refractivity contribution in [3.63, 3.8) is 0 Å². The Morgan fingerprint density at radius 3 is 2.96 bits per heavy atom. The van der Waals surface area contributed by atoms with E-state index in [1.165, 1.54) is 12.1 Å². The number of rotatable bonds is 4. The summed E-state index contributed by atoms with van der Waals surface area (Å²) in [6.07, 6.45) is 1.54. The van der Waals surface area contributed by atoms with Crippen molar-refractivity contribution in [3.05, 3.63) is 61.6 Å². The van der Waals surface area contributed by atoms with Crippen LogP contribution in [0.3, 0.4) is 0 Å². The molecule has 2 heterocycles. The van der Waals surface area contributed by atoms with Crippen LogP contribution in [0, 0.1) is 21.4 Å². The van der Waals surface area contributed by atoms with Gasteiger partial charge in [0, 0.05) is 17.3 Å². The molecule has 0 spiro atoms. The van der Waals surface area contributed by atoms with Crippen LogP contribution in [0.1, 0.15) is 36.1 Å². The van der Waals surface area contributed by atoms with E-state index in [0.717, 1.165) is 12.1 Å². The molecule has 1 atom stereocenters. The van der Waals surface area contributed by atoms with Gasteiger partial charge in [-0.1, -0.05) is 31.0 Å². The number of H-pyrrole nitrogens is 1. The number of nitriles is 1. The van der Waals surface area contributed by atoms with Crippen molar-refractivity contribution in [2.24, 2.45) is 5.73 Å². The Balaban J connectivity index is 2.23. The Morgan fingerprint density at radius 1 is 1.56 bits per heavy atom. The number of hydrogen-bond donors (Lipinski definition) is 2. The van der Waals surface area contributed by atoms with E-state index in [1.54, 1.807) is 6.07 Å². The van der Waals surface area contributed by atoms with Gasteiger partial charge in [0.1, 0.15) is 16.7 Å². The number of allylic oxidation sites excluding steroid dienone is 1. The average molecular weight is 360 g/mol. The summed E-state index contributed by atoms with van der Waals surface area (Å²) in [5.74, 6) is -0.389. The molecule has 8 nitrogen and oxygen atoms in total. The van der Waals surface area contributed by atoms with Gasteiger partial charge in [0.15, 0.2) is 0 Å². The number of nitrogens with one attached hydrogen (secondary N) is 1. The smallest absolute Gasteiger partial charge is 0.288 e. The van der Waals surface area contributed by atoms with Gasteiger partial charge in [0.25, 0.3) is 5.69 Å². The molecule has 1 aliphatic heterocycles. The van der Waals surface area contributed by atoms with Crippen molar-refractivity contribution in [1.82, 2.24) is 10.2 Å². The predicted octanol–water partition coefficient (Wildman–Crippen LogP) is 3.14. The first-order chi connectivity index (χ1) is 12.0. The van der Waals surface area contributed by atoms with Gasteiger partial charge in [-0.25, -0.2) is 0 Å². The van der Waals surface area contributed by atoms with E-state index in [4.69, 9.17) is 22.1 Å². The van der Waals surface area contributed by atoms with Crippen molar-refractivity contribution >= 4 is 17.3 Å². The number of aryl methyl sites for hydroxylation is 1. The molecular weight excluding hydrogens is 346 g/mol. The van der Waals surface area contributed by atoms with E-state index in [9.17, 15) is 15.4 Å². The fourth-order valence-electron chi connectivity index (χ4n) is 2.93. The largest absolute Gasteiger partial charge is 0.420 e. The second kappa shape index (κ2) is 6.45. The van der Waals surface area contributed by atoms with Crippen LogP contribution in [-0.2, 0) is 6.42 Å². The highest BCUT2D eigenvalue weighted by molar-refractivity contribution is 6.32. The Hall–Kier alpha value is -3.05. The Morgan fingerprint density at radius 2 is 2.32 bits per heavy atom. The van der Waals surface area contributed by atoms with Crippen LogP contribution < -0.4 is 10.5 Å². The fourth-order valence-corrected chi connectivity index (χ4v) is 3.12. The average Bonchev–Trinajstić information content (AvgIpc) is 2.96. The van der Waals surface area contributed by atoms with E-state index >= 15 is 0 Å². The van der Waals surface area contributed by atoms with Gasteiger partial charge < -0.3 is 10.5 Å². The number of aromatic nitrogens is 2. The number of nitrogens with zero attached hydrogens (tertiary/aromatic N) is 3. The van der Waals surface area contributed by atoms with E-state index in [0.29, 0.717) is 17.5 Å². The molecule has 3 rings (SSSR count). The van der Waals surface area contributed by atoms with E-state index in [2.05, 4.69) is 16.3 Å². The second-order valence-corrected chi connectivity index (χ2v) is 5.97. The van der Waals surface area contributed by atoms with Crippen molar-refractivity contribution in [3.8, 4) is 11.9 Å². The van der Waals surface area contributed by atoms with Gasteiger partial charge in [-0.05, 0) is 18.1 Å². The molecule has 0 aliphatic carbocycles. The lowest BCUT2D eigenvalue weighted by molar-refractivity contribution is -0.384. The van der Waals surface area contributed by atoms with Crippen LogP contribution in [0.4, 0.5) is 5.69 Å². The van der Waals surface area contributed by atoms with Crippen LogP contribution in [0.15, 0.2) is 29.7 Å². The molecule has 1 unspecified atom stereocenters. The zero-order valence-electron chi connectivity index (χ0n) is 13.2. The number of fused-ring (bicyclic) bond motifs is 1. The van der Waals surface area contributed by atoms with E-state index in [1.807, 2.05) is 6.92 Å². The van der Waals surface area contributed by atoms with Gasteiger partial charge in [0.2, 0.25) is 11.8 Å². The maximum atomic E-state index is 11.2. The highest BCUT2D eigenvalue weighted by Crippen LogP contribution is 2.44. The summed E-state index contributed by atoms with van der Waals surface area (Å²) in [6, 6.07) is 6.49. The number of nitro benzene ring substituents is 1. The topological polar surface area (TPSA) is 131 Å². The summed E-state index contributed by atoms with van der Waals surface area (Å²) in [6.45, 7) is 2.01. The first kappa shape index (κ1) is 16.8. The van der Waals surface area contributed by atoms with Crippen LogP contribution in [0.5, 0.6) is 5.88 Å². The van der Waals surface area contributed by atoms with Gasteiger partial charge >= 0.3 is 0 Å². The Kier molecular flexibility index (Phi) is 4.33. The number of benzene rings is 1. The van der Waals surface area contributed by atoms with Crippen LogP contribution in [0.25, 0.3) is 0 Å². The minimum absolute atomic E-state index is 0.0254. The summed E-state index contributed by atoms with van der Waals surface area (Å²) >= 11 is 5.90. The van der Waals surface area contributed by atoms with Gasteiger partial charge in [-0.2, -0.15) is 5.26 Å². The lowest BCUT2D eigenvalue weighted by Gasteiger charge is -2.24. The monoisotopic (exact) mass is 359 g/mol. The molecule has 1 aromatic carbocycles. The summed E-state index contributed by atoms with van der Waals surface area (Å²) in [5.41, 5.74) is 7.82. The highest BCUT2D eigenvalue weighted by atomic mass is 35.5. The van der Waals surface area contributed by atoms with Crippen LogP contribution in [0.2, 0.25) is 5.02 Å². The molecule has 0 saturated heterocycles.